The molecule has 3 heteroatoms. The van der Waals surface area contributed by atoms with Crippen LogP contribution in [0.1, 0.15) is 18.1 Å². The summed E-state index contributed by atoms with van der Waals surface area (Å²) in [4.78, 5) is 0. The largest absolute Gasteiger partial charge is 0.387 e. The zero-order valence-corrected chi connectivity index (χ0v) is 8.31. The van der Waals surface area contributed by atoms with Gasteiger partial charge in [0.15, 0.2) is 0 Å². The van der Waals surface area contributed by atoms with Crippen LogP contribution in [0.15, 0.2) is 18.2 Å². The molecule has 0 heterocycles. The molecule has 1 rings (SSSR count). The second-order valence-electron chi connectivity index (χ2n) is 2.63. The Bertz CT molecular complexity index is 321. The quantitative estimate of drug-likeness (QED) is 0.751. The van der Waals surface area contributed by atoms with Crippen LogP contribution in [0.2, 0.25) is 10.0 Å². The van der Waals surface area contributed by atoms with Gasteiger partial charge in [-0.15, -0.1) is 12.3 Å². The van der Waals surface area contributed by atoms with Gasteiger partial charge in [0.25, 0.3) is 0 Å². The van der Waals surface area contributed by atoms with Gasteiger partial charge >= 0.3 is 0 Å². The van der Waals surface area contributed by atoms with Gasteiger partial charge in [0.1, 0.15) is 0 Å². The zero-order valence-electron chi connectivity index (χ0n) is 6.80. The number of aliphatic hydroxyl groups is 1. The molecule has 1 aromatic rings. The maximum atomic E-state index is 9.51. The lowest BCUT2D eigenvalue weighted by Crippen LogP contribution is -1.95. The first kappa shape index (κ1) is 10.4. The highest BCUT2D eigenvalue weighted by Gasteiger charge is 2.07. The number of benzene rings is 1. The number of hydrogen-bond donors (Lipinski definition) is 1. The molecule has 1 N–H and O–H groups in total. The monoisotopic (exact) mass is 214 g/mol. The van der Waals surface area contributed by atoms with Crippen LogP contribution in [0.4, 0.5) is 0 Å². The summed E-state index contributed by atoms with van der Waals surface area (Å²) in [6.07, 6.45) is 4.63. The highest BCUT2D eigenvalue weighted by Crippen LogP contribution is 2.24. The first-order valence-corrected chi connectivity index (χ1v) is 4.46. The Hall–Kier alpha value is -0.680. The van der Waals surface area contributed by atoms with Crippen molar-refractivity contribution >= 4 is 23.2 Å². The number of rotatable bonds is 2. The Morgan fingerprint density at radius 3 is 2.31 bits per heavy atom. The molecule has 0 aromatic heterocycles. The predicted octanol–water partition coefficient (Wildman–Crippen LogP) is 3.05. The summed E-state index contributed by atoms with van der Waals surface area (Å²) < 4.78 is 0. The Labute approximate surface area is 87.3 Å². The van der Waals surface area contributed by atoms with E-state index < -0.39 is 6.10 Å². The van der Waals surface area contributed by atoms with E-state index in [9.17, 15) is 5.11 Å². The minimum atomic E-state index is -0.693. The summed E-state index contributed by atoms with van der Waals surface area (Å²) >= 11 is 11.5. The third kappa shape index (κ3) is 2.93. The van der Waals surface area contributed by atoms with E-state index in [0.29, 0.717) is 15.6 Å². The number of aliphatic hydroxyl groups excluding tert-OH is 1. The maximum absolute atomic E-state index is 9.51. The van der Waals surface area contributed by atoms with E-state index in [1.165, 1.54) is 0 Å². The molecule has 1 unspecified atom stereocenters. The van der Waals surface area contributed by atoms with Crippen molar-refractivity contribution in [1.82, 2.24) is 0 Å². The lowest BCUT2D eigenvalue weighted by atomic mass is 10.1. The maximum Gasteiger partial charge on any atom is 0.0900 e. The lowest BCUT2D eigenvalue weighted by molar-refractivity contribution is 0.184. The van der Waals surface area contributed by atoms with Gasteiger partial charge in [0.05, 0.1) is 6.10 Å². The smallest absolute Gasteiger partial charge is 0.0900 e. The van der Waals surface area contributed by atoms with Crippen molar-refractivity contribution in [3.05, 3.63) is 33.8 Å². The summed E-state index contributed by atoms with van der Waals surface area (Å²) in [5.74, 6) is 2.37. The van der Waals surface area contributed by atoms with Gasteiger partial charge in [-0.2, -0.15) is 0 Å². The highest BCUT2D eigenvalue weighted by molar-refractivity contribution is 6.34. The molecule has 0 aliphatic heterocycles. The van der Waals surface area contributed by atoms with E-state index in [-0.39, 0.29) is 6.42 Å². The molecule has 0 aliphatic carbocycles. The Morgan fingerprint density at radius 2 is 1.85 bits per heavy atom. The molecule has 0 amide bonds. The average Bonchev–Trinajstić information content (AvgIpc) is 2.03. The van der Waals surface area contributed by atoms with Crippen molar-refractivity contribution in [2.75, 3.05) is 0 Å². The van der Waals surface area contributed by atoms with E-state index >= 15 is 0 Å². The van der Waals surface area contributed by atoms with Crippen molar-refractivity contribution in [3.8, 4) is 12.3 Å². The summed E-state index contributed by atoms with van der Waals surface area (Å²) in [6.45, 7) is 0. The minimum absolute atomic E-state index is 0.261. The SMILES string of the molecule is C#CCC(O)c1cc(Cl)cc(Cl)c1. The van der Waals surface area contributed by atoms with Gasteiger partial charge in [-0.25, -0.2) is 0 Å². The fourth-order valence-electron chi connectivity index (χ4n) is 0.997. The van der Waals surface area contributed by atoms with Crippen LogP contribution in [0.3, 0.4) is 0 Å². The Morgan fingerprint density at radius 1 is 1.31 bits per heavy atom. The zero-order chi connectivity index (χ0) is 9.84. The molecule has 68 valence electrons. The summed E-state index contributed by atoms with van der Waals surface area (Å²) in [7, 11) is 0. The highest BCUT2D eigenvalue weighted by atomic mass is 35.5. The van der Waals surface area contributed by atoms with Gasteiger partial charge < -0.3 is 5.11 Å². The predicted molar refractivity (Wildman–Crippen MR) is 54.9 cm³/mol. The number of terminal acetylenes is 1. The standard InChI is InChI=1S/C10H8Cl2O/c1-2-3-10(13)7-4-8(11)6-9(12)5-7/h1,4-6,10,13H,3H2. The van der Waals surface area contributed by atoms with Crippen molar-refractivity contribution < 1.29 is 5.11 Å². The van der Waals surface area contributed by atoms with Crippen LogP contribution < -0.4 is 0 Å². The molecular formula is C10H8Cl2O. The fraction of sp³-hybridized carbons (Fsp3) is 0.200. The first-order chi connectivity index (χ1) is 6.13. The van der Waals surface area contributed by atoms with Crippen LogP contribution >= 0.6 is 23.2 Å². The molecule has 0 saturated carbocycles. The third-order valence-corrected chi connectivity index (χ3v) is 2.02. The molecular weight excluding hydrogens is 207 g/mol. The molecule has 13 heavy (non-hydrogen) atoms. The van der Waals surface area contributed by atoms with E-state index in [1.54, 1.807) is 18.2 Å². The molecule has 1 nitrogen and oxygen atoms in total. The molecule has 0 bridgehead atoms. The summed E-state index contributed by atoms with van der Waals surface area (Å²) in [5.41, 5.74) is 0.649. The van der Waals surface area contributed by atoms with Gasteiger partial charge in [-0.3, -0.25) is 0 Å². The van der Waals surface area contributed by atoms with Crippen LogP contribution in [-0.4, -0.2) is 5.11 Å². The Balaban J connectivity index is 2.95. The molecule has 1 aromatic carbocycles. The van der Waals surface area contributed by atoms with Crippen LogP contribution in [-0.2, 0) is 0 Å². The Kier molecular flexibility index (Phi) is 3.62. The molecule has 0 fully saturated rings. The van der Waals surface area contributed by atoms with Crippen molar-refractivity contribution in [2.45, 2.75) is 12.5 Å². The molecule has 0 saturated heterocycles. The van der Waals surface area contributed by atoms with Gasteiger partial charge in [-0.05, 0) is 23.8 Å². The molecule has 1 atom stereocenters. The van der Waals surface area contributed by atoms with Crippen LogP contribution in [0.5, 0.6) is 0 Å². The summed E-state index contributed by atoms with van der Waals surface area (Å²) in [5, 5.41) is 10.5. The van der Waals surface area contributed by atoms with Crippen molar-refractivity contribution in [1.29, 1.82) is 0 Å². The number of halogens is 2. The van der Waals surface area contributed by atoms with E-state index in [4.69, 9.17) is 29.6 Å². The van der Waals surface area contributed by atoms with E-state index in [1.807, 2.05) is 0 Å². The number of hydrogen-bond acceptors (Lipinski definition) is 1. The molecule has 0 radical (unpaired) electrons. The second-order valence-corrected chi connectivity index (χ2v) is 3.50. The van der Waals surface area contributed by atoms with E-state index in [2.05, 4.69) is 5.92 Å². The van der Waals surface area contributed by atoms with Crippen molar-refractivity contribution in [3.63, 3.8) is 0 Å². The molecule has 0 aliphatic rings. The minimum Gasteiger partial charge on any atom is -0.387 e. The average molecular weight is 215 g/mol. The topological polar surface area (TPSA) is 20.2 Å². The second kappa shape index (κ2) is 4.53. The fourth-order valence-corrected chi connectivity index (χ4v) is 1.54. The van der Waals surface area contributed by atoms with Gasteiger partial charge in [0.2, 0.25) is 0 Å². The van der Waals surface area contributed by atoms with E-state index in [0.717, 1.165) is 0 Å². The van der Waals surface area contributed by atoms with Crippen molar-refractivity contribution in [2.24, 2.45) is 0 Å². The molecule has 0 spiro atoms. The van der Waals surface area contributed by atoms with Crippen LogP contribution in [0.25, 0.3) is 0 Å². The normalized spacial score (nSPS) is 12.2. The van der Waals surface area contributed by atoms with Gasteiger partial charge in [-0.1, -0.05) is 23.2 Å². The van der Waals surface area contributed by atoms with Crippen LogP contribution in [0, 0.1) is 12.3 Å². The third-order valence-electron chi connectivity index (χ3n) is 1.58. The van der Waals surface area contributed by atoms with Gasteiger partial charge in [0, 0.05) is 16.5 Å². The first-order valence-electron chi connectivity index (χ1n) is 3.71. The lowest BCUT2D eigenvalue weighted by Gasteiger charge is -2.07. The summed E-state index contributed by atoms with van der Waals surface area (Å²) in [6, 6.07) is 4.90.